The van der Waals surface area contributed by atoms with Gasteiger partial charge < -0.3 is 14.8 Å². The van der Waals surface area contributed by atoms with Gasteiger partial charge in [-0.15, -0.1) is 0 Å². The molecule has 0 spiro atoms. The topological polar surface area (TPSA) is 47.6 Å². The Hall–Kier alpha value is -2.46. The number of carbonyl (C=O) groups excluding carboxylic acids is 1. The van der Waals surface area contributed by atoms with Gasteiger partial charge >= 0.3 is 0 Å². The molecule has 0 saturated carbocycles. The fraction of sp³-hybridized carbons (Fsp3) is 0.211. The standard InChI is InChI=1S/C19H18ClNO3/c1-3-18(22)21-16-10-11-23-19-12(2)17(9-8-15(16)19)24-14-6-4-13(20)5-7-14/h3-9,16H,1,10-11H2,2H3,(H,21,22). The van der Waals surface area contributed by atoms with Crippen molar-refractivity contribution in [2.24, 2.45) is 0 Å². The molecule has 2 aromatic rings. The smallest absolute Gasteiger partial charge is 0.243 e. The zero-order chi connectivity index (χ0) is 17.1. The molecule has 5 heteroatoms. The van der Waals surface area contributed by atoms with E-state index in [-0.39, 0.29) is 11.9 Å². The summed E-state index contributed by atoms with van der Waals surface area (Å²) in [4.78, 5) is 11.6. The van der Waals surface area contributed by atoms with Crippen LogP contribution in [-0.2, 0) is 4.79 Å². The second-order valence-electron chi connectivity index (χ2n) is 5.57. The second kappa shape index (κ2) is 6.97. The summed E-state index contributed by atoms with van der Waals surface area (Å²) in [6.45, 7) is 5.98. The normalized spacial score (nSPS) is 15.8. The maximum atomic E-state index is 11.6. The quantitative estimate of drug-likeness (QED) is 0.827. The van der Waals surface area contributed by atoms with Gasteiger partial charge in [-0.3, -0.25) is 4.79 Å². The Kier molecular flexibility index (Phi) is 4.76. The van der Waals surface area contributed by atoms with E-state index in [4.69, 9.17) is 21.1 Å². The van der Waals surface area contributed by atoms with E-state index in [9.17, 15) is 4.79 Å². The van der Waals surface area contributed by atoms with Crippen LogP contribution in [0.2, 0.25) is 5.02 Å². The number of hydrogen-bond acceptors (Lipinski definition) is 3. The van der Waals surface area contributed by atoms with Crippen LogP contribution in [0.4, 0.5) is 0 Å². The summed E-state index contributed by atoms with van der Waals surface area (Å²) >= 11 is 5.89. The van der Waals surface area contributed by atoms with Gasteiger partial charge in [0, 0.05) is 22.6 Å². The van der Waals surface area contributed by atoms with E-state index in [1.54, 1.807) is 12.1 Å². The molecule has 0 bridgehead atoms. The number of carbonyl (C=O) groups is 1. The maximum absolute atomic E-state index is 11.6. The molecule has 0 aliphatic carbocycles. The second-order valence-corrected chi connectivity index (χ2v) is 6.00. The number of amides is 1. The predicted molar refractivity (Wildman–Crippen MR) is 93.9 cm³/mol. The number of fused-ring (bicyclic) bond motifs is 1. The molecule has 1 unspecified atom stereocenters. The van der Waals surface area contributed by atoms with Crippen molar-refractivity contribution in [2.45, 2.75) is 19.4 Å². The van der Waals surface area contributed by atoms with Crippen molar-refractivity contribution in [1.82, 2.24) is 5.32 Å². The van der Waals surface area contributed by atoms with Crippen LogP contribution in [0.25, 0.3) is 0 Å². The average Bonchev–Trinajstić information content (AvgIpc) is 2.59. The Morgan fingerprint density at radius 2 is 2.08 bits per heavy atom. The highest BCUT2D eigenvalue weighted by Crippen LogP contribution is 2.40. The highest BCUT2D eigenvalue weighted by molar-refractivity contribution is 6.30. The van der Waals surface area contributed by atoms with E-state index in [0.29, 0.717) is 23.1 Å². The van der Waals surface area contributed by atoms with Gasteiger partial charge in [0.15, 0.2) is 0 Å². The third-order valence-electron chi connectivity index (χ3n) is 3.96. The van der Waals surface area contributed by atoms with Gasteiger partial charge in [-0.05, 0) is 49.4 Å². The van der Waals surface area contributed by atoms with Gasteiger partial charge in [0.1, 0.15) is 17.2 Å². The van der Waals surface area contributed by atoms with Crippen molar-refractivity contribution in [3.8, 4) is 17.2 Å². The molecule has 4 nitrogen and oxygen atoms in total. The molecule has 1 heterocycles. The Labute approximate surface area is 146 Å². The molecule has 1 atom stereocenters. The van der Waals surface area contributed by atoms with Crippen molar-refractivity contribution >= 4 is 17.5 Å². The molecular formula is C19H18ClNO3. The molecule has 2 aromatic carbocycles. The molecule has 0 aromatic heterocycles. The molecule has 1 aliphatic heterocycles. The summed E-state index contributed by atoms with van der Waals surface area (Å²) in [6, 6.07) is 10.9. The molecular weight excluding hydrogens is 326 g/mol. The zero-order valence-electron chi connectivity index (χ0n) is 13.3. The van der Waals surface area contributed by atoms with E-state index in [1.165, 1.54) is 6.08 Å². The Morgan fingerprint density at radius 1 is 1.33 bits per heavy atom. The molecule has 1 amide bonds. The summed E-state index contributed by atoms with van der Waals surface area (Å²) in [5.74, 6) is 2.00. The minimum Gasteiger partial charge on any atom is -0.493 e. The lowest BCUT2D eigenvalue weighted by molar-refractivity contribution is -0.117. The fourth-order valence-corrected chi connectivity index (χ4v) is 2.84. The summed E-state index contributed by atoms with van der Waals surface area (Å²) in [7, 11) is 0. The first-order chi connectivity index (χ1) is 11.6. The molecule has 3 rings (SSSR count). The van der Waals surface area contributed by atoms with Crippen LogP contribution in [0.5, 0.6) is 17.2 Å². The molecule has 0 fully saturated rings. The number of hydrogen-bond donors (Lipinski definition) is 1. The van der Waals surface area contributed by atoms with Crippen molar-refractivity contribution in [2.75, 3.05) is 6.61 Å². The monoisotopic (exact) mass is 343 g/mol. The first kappa shape index (κ1) is 16.4. The first-order valence-corrected chi connectivity index (χ1v) is 8.09. The van der Waals surface area contributed by atoms with Gasteiger partial charge in [0.2, 0.25) is 5.91 Å². The maximum Gasteiger partial charge on any atom is 0.243 e. The van der Waals surface area contributed by atoms with Crippen molar-refractivity contribution < 1.29 is 14.3 Å². The molecule has 1 N–H and O–H groups in total. The summed E-state index contributed by atoms with van der Waals surface area (Å²) < 4.78 is 11.7. The number of benzene rings is 2. The van der Waals surface area contributed by atoms with Gasteiger partial charge in [-0.1, -0.05) is 18.2 Å². The van der Waals surface area contributed by atoms with E-state index in [2.05, 4.69) is 11.9 Å². The highest BCUT2D eigenvalue weighted by atomic mass is 35.5. The van der Waals surface area contributed by atoms with Crippen LogP contribution in [0.15, 0.2) is 49.1 Å². The van der Waals surface area contributed by atoms with Crippen LogP contribution in [0.1, 0.15) is 23.6 Å². The summed E-state index contributed by atoms with van der Waals surface area (Å²) in [6.07, 6.45) is 2.00. The Bertz CT molecular complexity index is 771. The molecule has 0 radical (unpaired) electrons. The van der Waals surface area contributed by atoms with Crippen LogP contribution >= 0.6 is 11.6 Å². The lowest BCUT2D eigenvalue weighted by atomic mass is 9.97. The van der Waals surface area contributed by atoms with E-state index in [1.807, 2.05) is 31.2 Å². The predicted octanol–water partition coefficient (Wildman–Crippen LogP) is 4.57. The number of ether oxygens (including phenoxy) is 2. The molecule has 124 valence electrons. The highest BCUT2D eigenvalue weighted by Gasteiger charge is 2.25. The van der Waals surface area contributed by atoms with Crippen LogP contribution in [-0.4, -0.2) is 12.5 Å². The van der Waals surface area contributed by atoms with E-state index in [0.717, 1.165) is 23.3 Å². The number of nitrogens with one attached hydrogen (secondary N) is 1. The molecule has 24 heavy (non-hydrogen) atoms. The average molecular weight is 344 g/mol. The SMILES string of the molecule is C=CC(=O)NC1CCOc2c1ccc(Oc1ccc(Cl)cc1)c2C. The Morgan fingerprint density at radius 3 is 2.79 bits per heavy atom. The molecule has 1 aliphatic rings. The van der Waals surface area contributed by atoms with Crippen LogP contribution in [0.3, 0.4) is 0 Å². The lowest BCUT2D eigenvalue weighted by Crippen LogP contribution is -2.31. The third-order valence-corrected chi connectivity index (χ3v) is 4.21. The van der Waals surface area contributed by atoms with Gasteiger partial charge in [-0.25, -0.2) is 0 Å². The van der Waals surface area contributed by atoms with Crippen LogP contribution in [0, 0.1) is 6.92 Å². The van der Waals surface area contributed by atoms with Gasteiger partial charge in [0.25, 0.3) is 0 Å². The first-order valence-electron chi connectivity index (χ1n) is 7.71. The van der Waals surface area contributed by atoms with E-state index < -0.39 is 0 Å². The zero-order valence-corrected chi connectivity index (χ0v) is 14.1. The largest absolute Gasteiger partial charge is 0.493 e. The number of halogens is 1. The number of rotatable bonds is 4. The van der Waals surface area contributed by atoms with Crippen LogP contribution < -0.4 is 14.8 Å². The van der Waals surface area contributed by atoms with Crippen molar-refractivity contribution in [3.05, 3.63) is 65.2 Å². The summed E-state index contributed by atoms with van der Waals surface area (Å²) in [5.41, 5.74) is 1.86. The third kappa shape index (κ3) is 3.39. The fourth-order valence-electron chi connectivity index (χ4n) is 2.72. The minimum atomic E-state index is -0.188. The van der Waals surface area contributed by atoms with Gasteiger partial charge in [0.05, 0.1) is 12.6 Å². The van der Waals surface area contributed by atoms with Crippen molar-refractivity contribution in [1.29, 1.82) is 0 Å². The van der Waals surface area contributed by atoms with Crippen molar-refractivity contribution in [3.63, 3.8) is 0 Å². The lowest BCUT2D eigenvalue weighted by Gasteiger charge is -2.28. The minimum absolute atomic E-state index is 0.0810. The Balaban J connectivity index is 1.88. The summed E-state index contributed by atoms with van der Waals surface area (Å²) in [5, 5.41) is 3.60. The molecule has 0 saturated heterocycles. The van der Waals surface area contributed by atoms with E-state index >= 15 is 0 Å². The van der Waals surface area contributed by atoms with Gasteiger partial charge in [-0.2, -0.15) is 0 Å².